The van der Waals surface area contributed by atoms with Crippen molar-refractivity contribution in [1.29, 1.82) is 0 Å². The second-order valence-electron chi connectivity index (χ2n) is 5.45. The molecule has 0 radical (unpaired) electrons. The summed E-state index contributed by atoms with van der Waals surface area (Å²) in [5.41, 5.74) is -0.0780. The van der Waals surface area contributed by atoms with Crippen LogP contribution in [0.3, 0.4) is 0 Å². The number of piperazine rings is 1. The maximum absolute atomic E-state index is 12.7. The van der Waals surface area contributed by atoms with Gasteiger partial charge in [0, 0.05) is 42.9 Å². The lowest BCUT2D eigenvalue weighted by Crippen LogP contribution is -2.49. The van der Waals surface area contributed by atoms with Crippen molar-refractivity contribution >= 4 is 37.5 Å². The van der Waals surface area contributed by atoms with Crippen molar-refractivity contribution in [2.45, 2.75) is 4.90 Å². The number of benzene rings is 1. The van der Waals surface area contributed by atoms with Crippen LogP contribution in [-0.4, -0.2) is 48.8 Å². The van der Waals surface area contributed by atoms with Crippen LogP contribution in [0.1, 0.15) is 0 Å². The van der Waals surface area contributed by atoms with E-state index in [2.05, 4.69) is 20.9 Å². The largest absolute Gasteiger partial charge is 0.348 e. The standard InChI is InChI=1S/C15H15BrN4O4S/c16-12-3-1-4-13(11-12)25(23,24)19-9-7-18(8-10-19)15-14(20(21)22)5-2-6-17-15/h1-6,11H,7-10H2. The maximum Gasteiger partial charge on any atom is 0.311 e. The van der Waals surface area contributed by atoms with E-state index in [1.54, 1.807) is 29.2 Å². The van der Waals surface area contributed by atoms with Crippen LogP contribution in [0.5, 0.6) is 0 Å². The number of sulfonamides is 1. The van der Waals surface area contributed by atoms with Crippen LogP contribution < -0.4 is 4.90 Å². The van der Waals surface area contributed by atoms with Gasteiger partial charge in [-0.1, -0.05) is 22.0 Å². The molecule has 25 heavy (non-hydrogen) atoms. The number of nitro groups is 1. The second kappa shape index (κ2) is 7.06. The fourth-order valence-electron chi connectivity index (χ4n) is 2.69. The van der Waals surface area contributed by atoms with Crippen LogP contribution in [0.4, 0.5) is 11.5 Å². The molecule has 10 heteroatoms. The Morgan fingerprint density at radius 3 is 2.48 bits per heavy atom. The summed E-state index contributed by atoms with van der Waals surface area (Å²) in [4.78, 5) is 16.7. The molecule has 0 atom stereocenters. The smallest absolute Gasteiger partial charge is 0.311 e. The Kier molecular flexibility index (Phi) is 5.02. The van der Waals surface area contributed by atoms with E-state index in [1.807, 2.05) is 0 Å². The molecule has 1 saturated heterocycles. The molecule has 1 aliphatic heterocycles. The molecule has 0 N–H and O–H groups in total. The molecular formula is C15H15BrN4O4S. The van der Waals surface area contributed by atoms with Crippen molar-refractivity contribution in [3.63, 3.8) is 0 Å². The third-order valence-corrected chi connectivity index (χ3v) is 6.32. The fourth-order valence-corrected chi connectivity index (χ4v) is 4.71. The number of halogens is 1. The van der Waals surface area contributed by atoms with Gasteiger partial charge < -0.3 is 4.90 Å². The van der Waals surface area contributed by atoms with E-state index in [1.165, 1.54) is 22.6 Å². The molecule has 1 aliphatic rings. The number of anilines is 1. The van der Waals surface area contributed by atoms with E-state index in [-0.39, 0.29) is 29.5 Å². The quantitative estimate of drug-likeness (QED) is 0.549. The van der Waals surface area contributed by atoms with Crippen molar-refractivity contribution in [3.05, 3.63) is 57.2 Å². The summed E-state index contributed by atoms with van der Waals surface area (Å²) in [6, 6.07) is 9.45. The Morgan fingerprint density at radius 2 is 1.84 bits per heavy atom. The molecule has 0 unspecified atom stereocenters. The van der Waals surface area contributed by atoms with Crippen LogP contribution >= 0.6 is 15.9 Å². The number of pyridine rings is 1. The average molecular weight is 427 g/mol. The van der Waals surface area contributed by atoms with Gasteiger partial charge in [0.05, 0.1) is 9.82 Å². The minimum atomic E-state index is -3.59. The van der Waals surface area contributed by atoms with Crippen LogP contribution in [-0.2, 0) is 10.0 Å². The number of rotatable bonds is 4. The second-order valence-corrected chi connectivity index (χ2v) is 8.31. The highest BCUT2D eigenvalue weighted by Gasteiger charge is 2.31. The average Bonchev–Trinajstić information content (AvgIpc) is 2.62. The van der Waals surface area contributed by atoms with Gasteiger partial charge in [0.2, 0.25) is 15.8 Å². The lowest BCUT2D eigenvalue weighted by Gasteiger charge is -2.34. The van der Waals surface area contributed by atoms with Crippen LogP contribution in [0.15, 0.2) is 52.0 Å². The van der Waals surface area contributed by atoms with E-state index in [0.717, 1.165) is 0 Å². The zero-order valence-electron chi connectivity index (χ0n) is 13.1. The molecule has 3 rings (SSSR count). The summed E-state index contributed by atoms with van der Waals surface area (Å²) in [5, 5.41) is 11.1. The summed E-state index contributed by atoms with van der Waals surface area (Å²) in [7, 11) is -3.59. The summed E-state index contributed by atoms with van der Waals surface area (Å²) >= 11 is 3.28. The first-order chi connectivity index (χ1) is 11.9. The van der Waals surface area contributed by atoms with Crippen LogP contribution in [0.25, 0.3) is 0 Å². The SMILES string of the molecule is O=[N+]([O-])c1cccnc1N1CCN(S(=O)(=O)c2cccc(Br)c2)CC1. The van der Waals surface area contributed by atoms with Crippen LogP contribution in [0.2, 0.25) is 0 Å². The molecule has 1 aromatic carbocycles. The summed E-state index contributed by atoms with van der Waals surface area (Å²) in [6.45, 7) is 1.15. The van der Waals surface area contributed by atoms with Gasteiger partial charge in [-0.3, -0.25) is 10.1 Å². The molecule has 1 fully saturated rings. The first-order valence-corrected chi connectivity index (χ1v) is 9.73. The predicted molar refractivity (Wildman–Crippen MR) is 96.0 cm³/mol. The first kappa shape index (κ1) is 17.8. The van der Waals surface area contributed by atoms with Gasteiger partial charge in [-0.25, -0.2) is 13.4 Å². The molecule has 0 spiro atoms. The van der Waals surface area contributed by atoms with E-state index in [9.17, 15) is 18.5 Å². The maximum atomic E-state index is 12.7. The third-order valence-electron chi connectivity index (χ3n) is 3.93. The lowest BCUT2D eigenvalue weighted by molar-refractivity contribution is -0.384. The highest BCUT2D eigenvalue weighted by molar-refractivity contribution is 9.10. The predicted octanol–water partition coefficient (Wildman–Crippen LogP) is 2.26. The third kappa shape index (κ3) is 3.65. The zero-order chi connectivity index (χ0) is 18.0. The number of hydrogen-bond donors (Lipinski definition) is 0. The monoisotopic (exact) mass is 426 g/mol. The summed E-state index contributed by atoms with van der Waals surface area (Å²) in [6.07, 6.45) is 1.49. The summed E-state index contributed by atoms with van der Waals surface area (Å²) < 4.78 is 27.5. The van der Waals surface area contributed by atoms with Gasteiger partial charge in [0.25, 0.3) is 0 Å². The van der Waals surface area contributed by atoms with Crippen molar-refractivity contribution < 1.29 is 13.3 Å². The Balaban J connectivity index is 1.77. The molecular weight excluding hydrogens is 412 g/mol. The molecule has 0 bridgehead atoms. The van der Waals surface area contributed by atoms with Gasteiger partial charge >= 0.3 is 5.69 Å². The van der Waals surface area contributed by atoms with Gasteiger partial charge in [0.1, 0.15) is 0 Å². The highest BCUT2D eigenvalue weighted by Crippen LogP contribution is 2.27. The Labute approximate surface area is 153 Å². The minimum absolute atomic E-state index is 0.0780. The summed E-state index contributed by atoms with van der Waals surface area (Å²) in [5.74, 6) is 0.270. The number of nitrogens with zero attached hydrogens (tertiary/aromatic N) is 4. The minimum Gasteiger partial charge on any atom is -0.348 e. The van der Waals surface area contributed by atoms with Gasteiger partial charge in [-0.2, -0.15) is 4.31 Å². The van der Waals surface area contributed by atoms with E-state index >= 15 is 0 Å². The van der Waals surface area contributed by atoms with Crippen molar-refractivity contribution in [3.8, 4) is 0 Å². The molecule has 2 aromatic rings. The Bertz CT molecular complexity index is 898. The van der Waals surface area contributed by atoms with Crippen molar-refractivity contribution in [1.82, 2.24) is 9.29 Å². The Morgan fingerprint density at radius 1 is 1.12 bits per heavy atom. The normalized spacial score (nSPS) is 16.0. The van der Waals surface area contributed by atoms with Gasteiger partial charge in [-0.05, 0) is 24.3 Å². The van der Waals surface area contributed by atoms with Gasteiger partial charge in [0.15, 0.2) is 0 Å². The zero-order valence-corrected chi connectivity index (χ0v) is 15.5. The number of hydrogen-bond acceptors (Lipinski definition) is 6. The molecule has 2 heterocycles. The van der Waals surface area contributed by atoms with E-state index in [0.29, 0.717) is 17.6 Å². The van der Waals surface area contributed by atoms with Crippen LogP contribution in [0, 0.1) is 10.1 Å². The molecule has 0 amide bonds. The van der Waals surface area contributed by atoms with Gasteiger partial charge in [-0.15, -0.1) is 0 Å². The lowest BCUT2D eigenvalue weighted by atomic mass is 10.3. The molecule has 8 nitrogen and oxygen atoms in total. The van der Waals surface area contributed by atoms with E-state index in [4.69, 9.17) is 0 Å². The highest BCUT2D eigenvalue weighted by atomic mass is 79.9. The number of aromatic nitrogens is 1. The van der Waals surface area contributed by atoms with E-state index < -0.39 is 14.9 Å². The fraction of sp³-hybridized carbons (Fsp3) is 0.267. The van der Waals surface area contributed by atoms with Crippen molar-refractivity contribution in [2.75, 3.05) is 31.1 Å². The Hall–Kier alpha value is -2.04. The molecule has 132 valence electrons. The topological polar surface area (TPSA) is 96.7 Å². The molecule has 0 aliphatic carbocycles. The first-order valence-electron chi connectivity index (χ1n) is 7.49. The molecule has 0 saturated carbocycles. The molecule has 1 aromatic heterocycles. The van der Waals surface area contributed by atoms with Crippen molar-refractivity contribution in [2.24, 2.45) is 0 Å².